The van der Waals surface area contributed by atoms with Gasteiger partial charge in [0.1, 0.15) is 12.9 Å². The second-order valence-corrected chi connectivity index (χ2v) is 7.08. The largest absolute Gasteiger partial charge is 0.459 e. The van der Waals surface area contributed by atoms with Gasteiger partial charge in [0.25, 0.3) is 0 Å². The van der Waals surface area contributed by atoms with Crippen molar-refractivity contribution in [3.05, 3.63) is 12.0 Å². The summed E-state index contributed by atoms with van der Waals surface area (Å²) in [4.78, 5) is 0. The standard InChI is InChI=1S/C21H40O4/c1-2-3-4-5-6-7-8-9-10-11-12-13-14-15-21-24-19-20(25-21)18-23-17-16-22/h19,21-22H,2-18H2,1H3. The molecular weight excluding hydrogens is 316 g/mol. The van der Waals surface area contributed by atoms with Crippen molar-refractivity contribution >= 4 is 0 Å². The van der Waals surface area contributed by atoms with Crippen LogP contribution in [0.25, 0.3) is 0 Å². The van der Waals surface area contributed by atoms with E-state index in [9.17, 15) is 0 Å². The van der Waals surface area contributed by atoms with Gasteiger partial charge in [-0.25, -0.2) is 0 Å². The number of ether oxygens (including phenoxy) is 3. The lowest BCUT2D eigenvalue weighted by Crippen LogP contribution is -2.10. The van der Waals surface area contributed by atoms with Crippen molar-refractivity contribution in [2.45, 2.75) is 103 Å². The molecule has 1 aliphatic heterocycles. The highest BCUT2D eigenvalue weighted by Gasteiger charge is 2.18. The van der Waals surface area contributed by atoms with Gasteiger partial charge in [-0.1, -0.05) is 84.0 Å². The Morgan fingerprint density at radius 3 is 2.00 bits per heavy atom. The molecule has 0 aromatic heterocycles. The van der Waals surface area contributed by atoms with Gasteiger partial charge in [-0.2, -0.15) is 0 Å². The number of hydrogen-bond donors (Lipinski definition) is 1. The van der Waals surface area contributed by atoms with Crippen molar-refractivity contribution in [3.63, 3.8) is 0 Å². The summed E-state index contributed by atoms with van der Waals surface area (Å²) in [5.74, 6) is 0.730. The number of hydrogen-bond acceptors (Lipinski definition) is 4. The highest BCUT2D eigenvalue weighted by atomic mass is 16.7. The summed E-state index contributed by atoms with van der Waals surface area (Å²) in [6, 6.07) is 0. The van der Waals surface area contributed by atoms with Gasteiger partial charge < -0.3 is 19.3 Å². The molecule has 1 rings (SSSR count). The lowest BCUT2D eigenvalue weighted by Gasteiger charge is -2.11. The van der Waals surface area contributed by atoms with Crippen LogP contribution in [0.5, 0.6) is 0 Å². The maximum Gasteiger partial charge on any atom is 0.240 e. The van der Waals surface area contributed by atoms with Crippen molar-refractivity contribution < 1.29 is 19.3 Å². The van der Waals surface area contributed by atoms with Crippen LogP contribution >= 0.6 is 0 Å². The second-order valence-electron chi connectivity index (χ2n) is 7.08. The summed E-state index contributed by atoms with van der Waals surface area (Å²) in [7, 11) is 0. The van der Waals surface area contributed by atoms with Crippen LogP contribution in [-0.4, -0.2) is 31.2 Å². The molecule has 1 heterocycles. The first-order chi connectivity index (χ1) is 12.4. The number of aliphatic hydroxyl groups excluding tert-OH is 1. The number of unbranched alkanes of at least 4 members (excludes halogenated alkanes) is 12. The van der Waals surface area contributed by atoms with Crippen molar-refractivity contribution in [1.82, 2.24) is 0 Å². The van der Waals surface area contributed by atoms with E-state index in [4.69, 9.17) is 19.3 Å². The Balaban J connectivity index is 1.77. The lowest BCUT2D eigenvalue weighted by molar-refractivity contribution is -0.0478. The molecule has 0 aromatic rings. The Hall–Kier alpha value is -0.740. The Morgan fingerprint density at radius 2 is 1.44 bits per heavy atom. The second kappa shape index (κ2) is 16.7. The van der Waals surface area contributed by atoms with Gasteiger partial charge in [-0.3, -0.25) is 0 Å². The summed E-state index contributed by atoms with van der Waals surface area (Å²) >= 11 is 0. The summed E-state index contributed by atoms with van der Waals surface area (Å²) in [5.41, 5.74) is 0. The molecule has 0 amide bonds. The molecule has 4 nitrogen and oxygen atoms in total. The molecule has 1 atom stereocenters. The van der Waals surface area contributed by atoms with Gasteiger partial charge >= 0.3 is 0 Å². The molecule has 0 aliphatic carbocycles. The van der Waals surface area contributed by atoms with E-state index in [0.717, 1.165) is 18.6 Å². The molecule has 1 aliphatic rings. The van der Waals surface area contributed by atoms with E-state index in [0.29, 0.717) is 13.2 Å². The highest BCUT2D eigenvalue weighted by molar-refractivity contribution is 4.92. The molecule has 4 heteroatoms. The van der Waals surface area contributed by atoms with E-state index in [1.165, 1.54) is 77.0 Å². The van der Waals surface area contributed by atoms with Crippen LogP contribution in [0.4, 0.5) is 0 Å². The maximum absolute atomic E-state index is 8.66. The summed E-state index contributed by atoms with van der Waals surface area (Å²) in [5, 5.41) is 8.66. The summed E-state index contributed by atoms with van der Waals surface area (Å²) < 4.78 is 16.3. The van der Waals surface area contributed by atoms with Gasteiger partial charge in [0.2, 0.25) is 6.29 Å². The lowest BCUT2D eigenvalue weighted by atomic mass is 10.0. The van der Waals surface area contributed by atoms with Crippen LogP contribution in [-0.2, 0) is 14.2 Å². The predicted molar refractivity (Wildman–Crippen MR) is 102 cm³/mol. The molecule has 0 radical (unpaired) electrons. The van der Waals surface area contributed by atoms with E-state index in [-0.39, 0.29) is 12.9 Å². The molecule has 0 saturated carbocycles. The van der Waals surface area contributed by atoms with Crippen LogP contribution < -0.4 is 0 Å². The quantitative estimate of drug-likeness (QED) is 0.320. The van der Waals surface area contributed by atoms with Gasteiger partial charge in [0, 0.05) is 6.42 Å². The minimum absolute atomic E-state index is 0.0382. The normalized spacial score (nSPS) is 16.6. The van der Waals surface area contributed by atoms with Gasteiger partial charge in [0.05, 0.1) is 13.2 Å². The first-order valence-corrected chi connectivity index (χ1v) is 10.6. The van der Waals surface area contributed by atoms with Crippen LogP contribution in [0.2, 0.25) is 0 Å². The molecule has 1 unspecified atom stereocenters. The first kappa shape index (κ1) is 22.3. The smallest absolute Gasteiger partial charge is 0.240 e. The van der Waals surface area contributed by atoms with Crippen LogP contribution in [0.15, 0.2) is 12.0 Å². The first-order valence-electron chi connectivity index (χ1n) is 10.6. The molecule has 0 fully saturated rings. The maximum atomic E-state index is 8.66. The molecule has 0 bridgehead atoms. The third-order valence-corrected chi connectivity index (χ3v) is 4.66. The molecule has 148 valence electrons. The molecule has 1 N–H and O–H groups in total. The Bertz CT molecular complexity index is 317. The predicted octanol–water partition coefficient (Wildman–Crippen LogP) is 5.69. The SMILES string of the molecule is CCCCCCCCCCCCCCCC1OC=C(COCCO)O1. The number of aliphatic hydroxyl groups is 1. The average molecular weight is 357 g/mol. The Labute approximate surface area is 154 Å². The van der Waals surface area contributed by atoms with E-state index in [1.807, 2.05) is 0 Å². The zero-order valence-electron chi connectivity index (χ0n) is 16.3. The van der Waals surface area contributed by atoms with E-state index >= 15 is 0 Å². The molecule has 25 heavy (non-hydrogen) atoms. The van der Waals surface area contributed by atoms with Crippen molar-refractivity contribution in [2.75, 3.05) is 19.8 Å². The minimum Gasteiger partial charge on any atom is -0.459 e. The zero-order chi connectivity index (χ0) is 18.0. The minimum atomic E-state index is -0.138. The van der Waals surface area contributed by atoms with Crippen molar-refractivity contribution in [2.24, 2.45) is 0 Å². The van der Waals surface area contributed by atoms with Gasteiger partial charge in [-0.05, 0) is 6.42 Å². The van der Waals surface area contributed by atoms with Crippen LogP contribution in [0, 0.1) is 0 Å². The molecular formula is C21H40O4. The Kier molecular flexibility index (Phi) is 14.9. The zero-order valence-corrected chi connectivity index (χ0v) is 16.3. The van der Waals surface area contributed by atoms with Crippen molar-refractivity contribution in [3.8, 4) is 0 Å². The number of rotatable bonds is 18. The van der Waals surface area contributed by atoms with Crippen LogP contribution in [0.3, 0.4) is 0 Å². The van der Waals surface area contributed by atoms with Gasteiger partial charge in [0.15, 0.2) is 5.76 Å². The third kappa shape index (κ3) is 13.2. The van der Waals surface area contributed by atoms with E-state index < -0.39 is 0 Å². The van der Waals surface area contributed by atoms with Gasteiger partial charge in [-0.15, -0.1) is 0 Å². The fourth-order valence-corrected chi connectivity index (χ4v) is 3.14. The fraction of sp³-hybridized carbons (Fsp3) is 0.905. The molecule has 0 spiro atoms. The fourth-order valence-electron chi connectivity index (χ4n) is 3.14. The molecule has 0 aromatic carbocycles. The summed E-state index contributed by atoms with van der Waals surface area (Å²) in [6.45, 7) is 3.04. The van der Waals surface area contributed by atoms with E-state index in [2.05, 4.69) is 6.92 Å². The third-order valence-electron chi connectivity index (χ3n) is 4.66. The average Bonchev–Trinajstić information content (AvgIpc) is 3.07. The molecule has 0 saturated heterocycles. The monoisotopic (exact) mass is 356 g/mol. The highest BCUT2D eigenvalue weighted by Crippen LogP contribution is 2.20. The Morgan fingerprint density at radius 1 is 0.880 bits per heavy atom. The van der Waals surface area contributed by atoms with Crippen LogP contribution in [0.1, 0.15) is 96.8 Å². The van der Waals surface area contributed by atoms with E-state index in [1.54, 1.807) is 6.26 Å². The summed E-state index contributed by atoms with van der Waals surface area (Å²) in [6.07, 6.45) is 20.2. The van der Waals surface area contributed by atoms with Crippen molar-refractivity contribution in [1.29, 1.82) is 0 Å². The topological polar surface area (TPSA) is 47.9 Å².